The molecule has 6 heteroatoms. The summed E-state index contributed by atoms with van der Waals surface area (Å²) < 4.78 is 0. The quantitative estimate of drug-likeness (QED) is 0.907. The van der Waals surface area contributed by atoms with Gasteiger partial charge in [0.2, 0.25) is 0 Å². The van der Waals surface area contributed by atoms with Gasteiger partial charge in [-0.2, -0.15) is 0 Å². The summed E-state index contributed by atoms with van der Waals surface area (Å²) in [5, 5.41) is 8.79. The fraction of sp³-hybridized carbons (Fsp3) is 0.538. The minimum atomic E-state index is -0.811. The first-order valence-electron chi connectivity index (χ1n) is 6.36. The van der Waals surface area contributed by atoms with Crippen molar-refractivity contribution in [2.24, 2.45) is 0 Å². The highest BCUT2D eigenvalue weighted by atomic mass is 32.1. The summed E-state index contributed by atoms with van der Waals surface area (Å²) >= 11 is 1.51. The van der Waals surface area contributed by atoms with Crippen LogP contribution in [-0.2, 0) is 4.79 Å². The number of nitrogens with zero attached hydrogens (tertiary/aromatic N) is 2. The Kier molecular flexibility index (Phi) is 4.55. The van der Waals surface area contributed by atoms with Crippen LogP contribution in [0, 0.1) is 6.92 Å². The summed E-state index contributed by atoms with van der Waals surface area (Å²) in [4.78, 5) is 28.6. The SMILES string of the molecule is Cc1ccc(C(=O)N2CCCN(CC(=O)O)CC2)s1. The fourth-order valence-electron chi connectivity index (χ4n) is 2.23. The first-order valence-corrected chi connectivity index (χ1v) is 7.18. The molecule has 2 heterocycles. The van der Waals surface area contributed by atoms with Crippen molar-refractivity contribution in [2.75, 3.05) is 32.7 Å². The van der Waals surface area contributed by atoms with E-state index in [1.54, 1.807) is 0 Å². The molecule has 0 atom stereocenters. The molecule has 1 aromatic rings. The molecule has 1 fully saturated rings. The average molecular weight is 282 g/mol. The minimum absolute atomic E-state index is 0.0557. The zero-order valence-electron chi connectivity index (χ0n) is 11.0. The van der Waals surface area contributed by atoms with Crippen LogP contribution in [0.2, 0.25) is 0 Å². The Morgan fingerprint density at radius 2 is 2.05 bits per heavy atom. The molecule has 0 unspecified atom stereocenters. The molecule has 1 N–H and O–H groups in total. The topological polar surface area (TPSA) is 60.9 Å². The van der Waals surface area contributed by atoms with E-state index >= 15 is 0 Å². The van der Waals surface area contributed by atoms with Crippen molar-refractivity contribution >= 4 is 23.2 Å². The molecule has 1 aliphatic rings. The van der Waals surface area contributed by atoms with Crippen LogP contribution in [0.25, 0.3) is 0 Å². The van der Waals surface area contributed by atoms with Crippen molar-refractivity contribution in [3.8, 4) is 0 Å². The molecule has 1 saturated heterocycles. The van der Waals surface area contributed by atoms with Gasteiger partial charge >= 0.3 is 5.97 Å². The van der Waals surface area contributed by atoms with Crippen molar-refractivity contribution < 1.29 is 14.7 Å². The number of thiophene rings is 1. The fourth-order valence-corrected chi connectivity index (χ4v) is 3.06. The van der Waals surface area contributed by atoms with Gasteiger partial charge in [-0.05, 0) is 25.5 Å². The van der Waals surface area contributed by atoms with Gasteiger partial charge in [-0.3, -0.25) is 14.5 Å². The number of rotatable bonds is 3. The Bertz CT molecular complexity index is 472. The van der Waals surface area contributed by atoms with E-state index in [1.807, 2.05) is 28.9 Å². The number of hydrogen-bond acceptors (Lipinski definition) is 4. The van der Waals surface area contributed by atoms with Crippen LogP contribution < -0.4 is 0 Å². The third-order valence-electron chi connectivity index (χ3n) is 3.19. The molecule has 0 bridgehead atoms. The number of carboxylic acids is 1. The Morgan fingerprint density at radius 1 is 1.26 bits per heavy atom. The van der Waals surface area contributed by atoms with Crippen LogP contribution in [0.3, 0.4) is 0 Å². The normalized spacial score (nSPS) is 17.2. The number of aliphatic carboxylic acids is 1. The van der Waals surface area contributed by atoms with Crippen LogP contribution in [0.1, 0.15) is 21.0 Å². The number of carbonyl (C=O) groups excluding carboxylic acids is 1. The van der Waals surface area contributed by atoms with Gasteiger partial charge in [-0.1, -0.05) is 0 Å². The van der Waals surface area contributed by atoms with Crippen molar-refractivity contribution in [3.63, 3.8) is 0 Å². The van der Waals surface area contributed by atoms with Gasteiger partial charge in [0, 0.05) is 31.1 Å². The van der Waals surface area contributed by atoms with E-state index in [0.29, 0.717) is 19.6 Å². The smallest absolute Gasteiger partial charge is 0.317 e. The van der Waals surface area contributed by atoms with Gasteiger partial charge in [0.15, 0.2) is 0 Å². The first-order chi connectivity index (χ1) is 9.06. The van der Waals surface area contributed by atoms with Crippen LogP contribution in [0.4, 0.5) is 0 Å². The lowest BCUT2D eigenvalue weighted by molar-refractivity contribution is -0.138. The molecular weight excluding hydrogens is 264 g/mol. The monoisotopic (exact) mass is 282 g/mol. The van der Waals surface area contributed by atoms with Gasteiger partial charge in [0.05, 0.1) is 11.4 Å². The summed E-state index contributed by atoms with van der Waals surface area (Å²) in [5.41, 5.74) is 0. The van der Waals surface area contributed by atoms with Gasteiger partial charge in [0.25, 0.3) is 5.91 Å². The molecule has 1 amide bonds. The van der Waals surface area contributed by atoms with E-state index in [9.17, 15) is 9.59 Å². The molecule has 0 aliphatic carbocycles. The predicted molar refractivity (Wildman–Crippen MR) is 73.7 cm³/mol. The van der Waals surface area contributed by atoms with Gasteiger partial charge in [-0.15, -0.1) is 11.3 Å². The van der Waals surface area contributed by atoms with E-state index in [2.05, 4.69) is 0 Å². The molecule has 19 heavy (non-hydrogen) atoms. The minimum Gasteiger partial charge on any atom is -0.480 e. The molecule has 0 saturated carbocycles. The van der Waals surface area contributed by atoms with E-state index in [1.165, 1.54) is 11.3 Å². The lowest BCUT2D eigenvalue weighted by atomic mass is 10.3. The molecule has 5 nitrogen and oxygen atoms in total. The van der Waals surface area contributed by atoms with Crippen molar-refractivity contribution in [1.29, 1.82) is 0 Å². The Labute approximate surface area is 116 Å². The maximum absolute atomic E-state index is 12.3. The van der Waals surface area contributed by atoms with Crippen LogP contribution in [0.5, 0.6) is 0 Å². The molecule has 0 aromatic carbocycles. The lowest BCUT2D eigenvalue weighted by Gasteiger charge is -2.20. The standard InChI is InChI=1S/C13H18N2O3S/c1-10-3-4-11(19-10)13(18)15-6-2-5-14(7-8-15)9-12(16)17/h3-4H,2,5-9H2,1H3,(H,16,17). The summed E-state index contributed by atoms with van der Waals surface area (Å²) in [6.07, 6.45) is 0.823. The zero-order chi connectivity index (χ0) is 13.8. The number of amides is 1. The maximum Gasteiger partial charge on any atom is 0.317 e. The maximum atomic E-state index is 12.3. The molecular formula is C13H18N2O3S. The van der Waals surface area contributed by atoms with E-state index in [0.717, 1.165) is 22.7 Å². The highest BCUT2D eigenvalue weighted by Crippen LogP contribution is 2.18. The van der Waals surface area contributed by atoms with Gasteiger partial charge in [0.1, 0.15) is 0 Å². The number of aryl methyl sites for hydroxylation is 1. The van der Waals surface area contributed by atoms with E-state index in [-0.39, 0.29) is 12.5 Å². The van der Waals surface area contributed by atoms with Gasteiger partial charge < -0.3 is 10.0 Å². The number of carbonyl (C=O) groups is 2. The summed E-state index contributed by atoms with van der Waals surface area (Å²) in [5.74, 6) is -0.746. The summed E-state index contributed by atoms with van der Waals surface area (Å²) in [6.45, 7) is 4.70. The first kappa shape index (κ1) is 14.0. The molecule has 2 rings (SSSR count). The molecule has 0 radical (unpaired) electrons. The molecule has 1 aliphatic heterocycles. The highest BCUT2D eigenvalue weighted by molar-refractivity contribution is 7.13. The lowest BCUT2D eigenvalue weighted by Crippen LogP contribution is -2.36. The second kappa shape index (κ2) is 6.16. The Morgan fingerprint density at radius 3 is 2.68 bits per heavy atom. The Balaban J connectivity index is 1.95. The van der Waals surface area contributed by atoms with Crippen LogP contribution in [-0.4, -0.2) is 59.5 Å². The number of carboxylic acid groups (broad SMARTS) is 1. The zero-order valence-corrected chi connectivity index (χ0v) is 11.8. The van der Waals surface area contributed by atoms with E-state index in [4.69, 9.17) is 5.11 Å². The molecule has 104 valence electrons. The predicted octanol–water partition coefficient (Wildman–Crippen LogP) is 1.29. The Hall–Kier alpha value is -1.40. The second-order valence-electron chi connectivity index (χ2n) is 4.73. The largest absolute Gasteiger partial charge is 0.480 e. The van der Waals surface area contributed by atoms with Gasteiger partial charge in [-0.25, -0.2) is 0 Å². The summed E-state index contributed by atoms with van der Waals surface area (Å²) in [7, 11) is 0. The third-order valence-corrected chi connectivity index (χ3v) is 4.17. The third kappa shape index (κ3) is 3.78. The number of hydrogen-bond donors (Lipinski definition) is 1. The highest BCUT2D eigenvalue weighted by Gasteiger charge is 2.21. The second-order valence-corrected chi connectivity index (χ2v) is 6.01. The van der Waals surface area contributed by atoms with E-state index < -0.39 is 5.97 Å². The van der Waals surface area contributed by atoms with Crippen molar-refractivity contribution in [3.05, 3.63) is 21.9 Å². The average Bonchev–Trinajstić information content (AvgIpc) is 2.65. The van der Waals surface area contributed by atoms with Crippen LogP contribution >= 0.6 is 11.3 Å². The summed E-state index contributed by atoms with van der Waals surface area (Å²) in [6, 6.07) is 3.81. The van der Waals surface area contributed by atoms with Crippen LogP contribution in [0.15, 0.2) is 12.1 Å². The molecule has 0 spiro atoms. The van der Waals surface area contributed by atoms with Crippen molar-refractivity contribution in [2.45, 2.75) is 13.3 Å². The van der Waals surface area contributed by atoms with Crippen molar-refractivity contribution in [1.82, 2.24) is 9.80 Å². The molecule has 1 aromatic heterocycles.